The molecular weight excluding hydrogens is 178 g/mol. The molecule has 0 saturated heterocycles. The Bertz CT molecular complexity index is 176. The molecule has 1 atom stereocenters. The second kappa shape index (κ2) is 6.02. The molecular formula is C11H21NO2. The summed E-state index contributed by atoms with van der Waals surface area (Å²) >= 11 is 0. The van der Waals surface area contributed by atoms with Crippen molar-refractivity contribution in [3.05, 3.63) is 0 Å². The number of carbonyl (C=O) groups is 1. The number of carboxylic acids is 1. The highest BCUT2D eigenvalue weighted by Gasteiger charge is 2.18. The van der Waals surface area contributed by atoms with Crippen molar-refractivity contribution in [2.24, 2.45) is 5.92 Å². The Morgan fingerprint density at radius 2 is 2.07 bits per heavy atom. The average molecular weight is 199 g/mol. The van der Waals surface area contributed by atoms with Gasteiger partial charge in [0.2, 0.25) is 0 Å². The highest BCUT2D eigenvalue weighted by Crippen LogP contribution is 2.17. The van der Waals surface area contributed by atoms with Crippen LogP contribution in [0.5, 0.6) is 0 Å². The predicted octanol–water partition coefficient (Wildman–Crippen LogP) is 2.02. The fourth-order valence-electron chi connectivity index (χ4n) is 2.02. The molecule has 0 amide bonds. The van der Waals surface area contributed by atoms with Gasteiger partial charge in [-0.05, 0) is 19.3 Å². The zero-order valence-corrected chi connectivity index (χ0v) is 8.96. The van der Waals surface area contributed by atoms with Crippen LogP contribution in [0.25, 0.3) is 0 Å². The van der Waals surface area contributed by atoms with Gasteiger partial charge in [0.15, 0.2) is 0 Å². The van der Waals surface area contributed by atoms with Gasteiger partial charge in [-0.1, -0.05) is 26.2 Å². The van der Waals surface area contributed by atoms with Crippen molar-refractivity contribution in [1.82, 2.24) is 5.32 Å². The minimum atomic E-state index is -0.671. The van der Waals surface area contributed by atoms with Gasteiger partial charge in [0.25, 0.3) is 0 Å². The molecule has 1 fully saturated rings. The lowest BCUT2D eigenvalue weighted by Gasteiger charge is -2.24. The lowest BCUT2D eigenvalue weighted by Crippen LogP contribution is -2.36. The third-order valence-electron chi connectivity index (χ3n) is 3.10. The maximum Gasteiger partial charge on any atom is 0.307 e. The van der Waals surface area contributed by atoms with E-state index in [1.165, 1.54) is 32.1 Å². The van der Waals surface area contributed by atoms with Crippen LogP contribution in [0.4, 0.5) is 0 Å². The first kappa shape index (κ1) is 11.5. The standard InChI is InChI=1S/C11H21NO2/c1-2-9(11(13)14)8-12-10-6-4-3-5-7-10/h9-10,12H,2-8H2,1H3,(H,13,14). The lowest BCUT2D eigenvalue weighted by molar-refractivity contribution is -0.141. The Balaban J connectivity index is 2.20. The lowest BCUT2D eigenvalue weighted by atomic mass is 9.95. The van der Waals surface area contributed by atoms with Crippen LogP contribution in [-0.4, -0.2) is 23.7 Å². The van der Waals surface area contributed by atoms with Crippen LogP contribution in [0.3, 0.4) is 0 Å². The van der Waals surface area contributed by atoms with Crippen molar-refractivity contribution in [2.75, 3.05) is 6.54 Å². The van der Waals surface area contributed by atoms with Crippen LogP contribution in [0, 0.1) is 5.92 Å². The van der Waals surface area contributed by atoms with Gasteiger partial charge in [-0.25, -0.2) is 0 Å². The molecule has 0 heterocycles. The molecule has 2 N–H and O–H groups in total. The molecule has 1 aliphatic carbocycles. The van der Waals surface area contributed by atoms with Crippen molar-refractivity contribution in [2.45, 2.75) is 51.5 Å². The van der Waals surface area contributed by atoms with E-state index in [-0.39, 0.29) is 5.92 Å². The molecule has 3 nitrogen and oxygen atoms in total. The summed E-state index contributed by atoms with van der Waals surface area (Å²) in [7, 11) is 0. The van der Waals surface area contributed by atoms with Gasteiger partial charge >= 0.3 is 5.97 Å². The molecule has 0 aromatic heterocycles. The minimum Gasteiger partial charge on any atom is -0.481 e. The summed E-state index contributed by atoms with van der Waals surface area (Å²) in [6.45, 7) is 2.57. The number of rotatable bonds is 5. The predicted molar refractivity (Wildman–Crippen MR) is 56.3 cm³/mol. The molecule has 0 radical (unpaired) electrons. The van der Waals surface area contributed by atoms with Gasteiger partial charge in [-0.2, -0.15) is 0 Å². The van der Waals surface area contributed by atoms with Crippen molar-refractivity contribution < 1.29 is 9.90 Å². The summed E-state index contributed by atoms with van der Waals surface area (Å²) in [5.74, 6) is -0.882. The van der Waals surface area contributed by atoms with Crippen LogP contribution >= 0.6 is 0 Å². The quantitative estimate of drug-likeness (QED) is 0.712. The summed E-state index contributed by atoms with van der Waals surface area (Å²) in [5.41, 5.74) is 0. The summed E-state index contributed by atoms with van der Waals surface area (Å²) in [5, 5.41) is 12.2. The summed E-state index contributed by atoms with van der Waals surface area (Å²) in [4.78, 5) is 10.8. The smallest absolute Gasteiger partial charge is 0.307 e. The highest BCUT2D eigenvalue weighted by atomic mass is 16.4. The molecule has 1 rings (SSSR count). The van der Waals surface area contributed by atoms with E-state index in [9.17, 15) is 4.79 Å². The largest absolute Gasteiger partial charge is 0.481 e. The molecule has 82 valence electrons. The van der Waals surface area contributed by atoms with E-state index >= 15 is 0 Å². The van der Waals surface area contributed by atoms with Crippen LogP contribution in [-0.2, 0) is 4.79 Å². The Labute approximate surface area is 85.9 Å². The zero-order valence-electron chi connectivity index (χ0n) is 8.96. The SMILES string of the molecule is CCC(CNC1CCCCC1)C(=O)O. The van der Waals surface area contributed by atoms with Crippen LogP contribution in [0.2, 0.25) is 0 Å². The van der Waals surface area contributed by atoms with E-state index in [4.69, 9.17) is 5.11 Å². The third-order valence-corrected chi connectivity index (χ3v) is 3.10. The molecule has 1 aliphatic rings. The van der Waals surface area contributed by atoms with Crippen molar-refractivity contribution in [3.8, 4) is 0 Å². The fraction of sp³-hybridized carbons (Fsp3) is 0.909. The maximum atomic E-state index is 10.8. The first-order valence-electron chi connectivity index (χ1n) is 5.70. The topological polar surface area (TPSA) is 49.3 Å². The second-order valence-corrected chi connectivity index (χ2v) is 4.19. The van der Waals surface area contributed by atoms with Crippen LogP contribution in [0.1, 0.15) is 45.4 Å². The zero-order chi connectivity index (χ0) is 10.4. The first-order valence-corrected chi connectivity index (χ1v) is 5.70. The Morgan fingerprint density at radius 1 is 1.43 bits per heavy atom. The molecule has 0 aromatic carbocycles. The summed E-state index contributed by atoms with van der Waals surface area (Å²) in [6.07, 6.45) is 7.08. The Morgan fingerprint density at radius 3 is 2.57 bits per heavy atom. The van der Waals surface area contributed by atoms with Gasteiger partial charge in [0, 0.05) is 12.6 Å². The normalized spacial score (nSPS) is 20.6. The Hall–Kier alpha value is -0.570. The number of hydrogen-bond donors (Lipinski definition) is 2. The number of nitrogens with one attached hydrogen (secondary N) is 1. The number of aliphatic carboxylic acids is 1. The monoisotopic (exact) mass is 199 g/mol. The van der Waals surface area contributed by atoms with Gasteiger partial charge in [-0.3, -0.25) is 4.79 Å². The van der Waals surface area contributed by atoms with Crippen molar-refractivity contribution in [1.29, 1.82) is 0 Å². The number of hydrogen-bond acceptors (Lipinski definition) is 2. The molecule has 1 saturated carbocycles. The molecule has 1 unspecified atom stereocenters. The van der Waals surface area contributed by atoms with E-state index in [1.54, 1.807) is 0 Å². The van der Waals surface area contributed by atoms with Crippen molar-refractivity contribution in [3.63, 3.8) is 0 Å². The molecule has 0 aromatic rings. The van der Waals surface area contributed by atoms with E-state index in [2.05, 4.69) is 5.32 Å². The molecule has 0 aliphatic heterocycles. The van der Waals surface area contributed by atoms with E-state index in [1.807, 2.05) is 6.92 Å². The Kier molecular flexibility index (Phi) is 4.94. The molecule has 0 bridgehead atoms. The van der Waals surface area contributed by atoms with E-state index in [0.29, 0.717) is 12.6 Å². The van der Waals surface area contributed by atoms with Gasteiger partial charge in [0.05, 0.1) is 5.92 Å². The second-order valence-electron chi connectivity index (χ2n) is 4.19. The summed E-state index contributed by atoms with van der Waals surface area (Å²) in [6, 6.07) is 0.567. The molecule has 14 heavy (non-hydrogen) atoms. The van der Waals surface area contributed by atoms with Crippen LogP contribution < -0.4 is 5.32 Å². The van der Waals surface area contributed by atoms with Gasteiger partial charge in [0.1, 0.15) is 0 Å². The van der Waals surface area contributed by atoms with Gasteiger partial charge < -0.3 is 10.4 Å². The fourth-order valence-corrected chi connectivity index (χ4v) is 2.02. The molecule has 3 heteroatoms. The first-order chi connectivity index (χ1) is 6.74. The molecule has 0 spiro atoms. The summed E-state index contributed by atoms with van der Waals surface area (Å²) < 4.78 is 0. The highest BCUT2D eigenvalue weighted by molar-refractivity contribution is 5.70. The van der Waals surface area contributed by atoms with E-state index in [0.717, 1.165) is 6.42 Å². The number of carboxylic acid groups (broad SMARTS) is 1. The van der Waals surface area contributed by atoms with E-state index < -0.39 is 5.97 Å². The third kappa shape index (κ3) is 3.66. The maximum absolute atomic E-state index is 10.8. The van der Waals surface area contributed by atoms with Crippen LogP contribution in [0.15, 0.2) is 0 Å². The van der Waals surface area contributed by atoms with Gasteiger partial charge in [-0.15, -0.1) is 0 Å². The van der Waals surface area contributed by atoms with Crippen molar-refractivity contribution >= 4 is 5.97 Å². The minimum absolute atomic E-state index is 0.211. The average Bonchev–Trinajstić information content (AvgIpc) is 2.20.